The molecule has 0 radical (unpaired) electrons. The molecule has 1 aromatic carbocycles. The number of ether oxygens (including phenoxy) is 1. The van der Waals surface area contributed by atoms with E-state index < -0.39 is 0 Å². The van der Waals surface area contributed by atoms with Crippen molar-refractivity contribution in [2.24, 2.45) is 7.05 Å². The maximum atomic E-state index is 12.1. The molecule has 130 valence electrons. The average Bonchev–Trinajstić information content (AvgIpc) is 3.24. The predicted molar refractivity (Wildman–Crippen MR) is 98.8 cm³/mol. The van der Waals surface area contributed by atoms with Crippen molar-refractivity contribution in [1.29, 1.82) is 0 Å². The second-order valence-corrected chi connectivity index (χ2v) is 7.08. The number of aromatic nitrogens is 3. The lowest BCUT2D eigenvalue weighted by Gasteiger charge is -2.05. The Morgan fingerprint density at radius 1 is 1.28 bits per heavy atom. The number of hydrogen-bond acceptors (Lipinski definition) is 5. The van der Waals surface area contributed by atoms with Crippen molar-refractivity contribution >= 4 is 17.3 Å². The first kappa shape index (κ1) is 17.4. The van der Waals surface area contributed by atoms with Gasteiger partial charge < -0.3 is 4.74 Å². The average molecular weight is 355 g/mol. The van der Waals surface area contributed by atoms with Crippen molar-refractivity contribution in [1.82, 2.24) is 14.8 Å². The number of rotatable bonds is 6. The van der Waals surface area contributed by atoms with Crippen molar-refractivity contribution < 1.29 is 9.53 Å². The molecule has 2 heterocycles. The van der Waals surface area contributed by atoms with Crippen LogP contribution in [0, 0.1) is 0 Å². The summed E-state index contributed by atoms with van der Waals surface area (Å²) in [6, 6.07) is 8.30. The molecule has 0 aliphatic carbocycles. The van der Waals surface area contributed by atoms with Crippen LogP contribution in [0.25, 0.3) is 10.6 Å². The third-order valence-electron chi connectivity index (χ3n) is 3.92. The van der Waals surface area contributed by atoms with Gasteiger partial charge in [-0.15, -0.1) is 11.3 Å². The molecule has 0 amide bonds. The fraction of sp³-hybridized carbons (Fsp3) is 0.316. The van der Waals surface area contributed by atoms with Crippen LogP contribution in [0.5, 0.6) is 0 Å². The number of carbonyl (C=O) groups excluding carboxylic acids is 1. The van der Waals surface area contributed by atoms with E-state index in [2.05, 4.69) is 36.1 Å². The highest BCUT2D eigenvalue weighted by Gasteiger charge is 2.13. The third-order valence-corrected chi connectivity index (χ3v) is 4.81. The second kappa shape index (κ2) is 7.61. The molecule has 0 fully saturated rings. The molecule has 0 saturated heterocycles. The molecule has 0 bridgehead atoms. The molecule has 3 aromatic rings. The molecule has 0 saturated carbocycles. The zero-order valence-electron chi connectivity index (χ0n) is 14.6. The standard InChI is InChI=1S/C19H21N3O2S/c1-13(2)15-4-6-16(7-5-15)18-21-17(12-25-18)19(23)24-9-8-14-10-20-22(3)11-14/h4-7,10-13H,8-9H2,1-3H3. The number of thiazole rings is 1. The molecule has 2 aromatic heterocycles. The van der Waals surface area contributed by atoms with Gasteiger partial charge >= 0.3 is 5.97 Å². The van der Waals surface area contributed by atoms with Crippen molar-refractivity contribution in [3.63, 3.8) is 0 Å². The minimum absolute atomic E-state index is 0.320. The van der Waals surface area contributed by atoms with E-state index in [0.29, 0.717) is 24.6 Å². The summed E-state index contributed by atoms with van der Waals surface area (Å²) in [5.74, 6) is 0.112. The summed E-state index contributed by atoms with van der Waals surface area (Å²) in [6.07, 6.45) is 4.33. The molecule has 25 heavy (non-hydrogen) atoms. The summed E-state index contributed by atoms with van der Waals surface area (Å²) in [4.78, 5) is 16.5. The fourth-order valence-corrected chi connectivity index (χ4v) is 3.24. The summed E-state index contributed by atoms with van der Waals surface area (Å²) in [5, 5.41) is 6.67. The molecular formula is C19H21N3O2S. The lowest BCUT2D eigenvalue weighted by atomic mass is 10.0. The summed E-state index contributed by atoms with van der Waals surface area (Å²) in [5.41, 5.74) is 3.71. The van der Waals surface area contributed by atoms with Crippen molar-refractivity contribution in [2.75, 3.05) is 6.61 Å². The molecule has 5 nitrogen and oxygen atoms in total. The minimum Gasteiger partial charge on any atom is -0.461 e. The van der Waals surface area contributed by atoms with Crippen LogP contribution in [0.15, 0.2) is 42.0 Å². The van der Waals surface area contributed by atoms with Gasteiger partial charge in [0.25, 0.3) is 0 Å². The summed E-state index contributed by atoms with van der Waals surface area (Å²) < 4.78 is 7.04. The number of nitrogens with zero attached hydrogens (tertiary/aromatic N) is 3. The van der Waals surface area contributed by atoms with Gasteiger partial charge in [-0.2, -0.15) is 5.10 Å². The first-order valence-corrected chi connectivity index (χ1v) is 9.11. The smallest absolute Gasteiger partial charge is 0.357 e. The monoisotopic (exact) mass is 355 g/mol. The maximum Gasteiger partial charge on any atom is 0.357 e. The van der Waals surface area contributed by atoms with Gasteiger partial charge in [0.15, 0.2) is 5.69 Å². The Morgan fingerprint density at radius 2 is 2.04 bits per heavy atom. The molecule has 0 aliphatic rings. The van der Waals surface area contributed by atoms with Gasteiger partial charge in [-0.25, -0.2) is 9.78 Å². The highest BCUT2D eigenvalue weighted by molar-refractivity contribution is 7.13. The Labute approximate surface area is 151 Å². The van der Waals surface area contributed by atoms with Gasteiger partial charge in [0.2, 0.25) is 0 Å². The molecule has 0 aliphatic heterocycles. The van der Waals surface area contributed by atoms with E-state index in [1.807, 2.05) is 25.4 Å². The van der Waals surface area contributed by atoms with Crippen LogP contribution in [0.2, 0.25) is 0 Å². The number of esters is 1. The number of benzene rings is 1. The van der Waals surface area contributed by atoms with E-state index in [4.69, 9.17) is 4.74 Å². The van der Waals surface area contributed by atoms with E-state index in [1.165, 1.54) is 16.9 Å². The highest BCUT2D eigenvalue weighted by atomic mass is 32.1. The lowest BCUT2D eigenvalue weighted by molar-refractivity contribution is 0.0503. The van der Waals surface area contributed by atoms with Gasteiger partial charge in [-0.05, 0) is 17.0 Å². The van der Waals surface area contributed by atoms with E-state index in [9.17, 15) is 4.79 Å². The minimum atomic E-state index is -0.384. The van der Waals surface area contributed by atoms with Crippen LogP contribution in [0.3, 0.4) is 0 Å². The van der Waals surface area contributed by atoms with Crippen molar-refractivity contribution in [3.8, 4) is 10.6 Å². The van der Waals surface area contributed by atoms with Crippen molar-refractivity contribution in [2.45, 2.75) is 26.2 Å². The van der Waals surface area contributed by atoms with E-state index >= 15 is 0 Å². The topological polar surface area (TPSA) is 57.0 Å². The van der Waals surface area contributed by atoms with E-state index in [0.717, 1.165) is 16.1 Å². The Bertz CT molecular complexity index is 850. The van der Waals surface area contributed by atoms with Gasteiger partial charge in [-0.3, -0.25) is 4.68 Å². The van der Waals surface area contributed by atoms with Crippen LogP contribution < -0.4 is 0 Å². The largest absolute Gasteiger partial charge is 0.461 e. The van der Waals surface area contributed by atoms with Crippen LogP contribution >= 0.6 is 11.3 Å². The quantitative estimate of drug-likeness (QED) is 0.626. The first-order chi connectivity index (χ1) is 12.0. The summed E-state index contributed by atoms with van der Waals surface area (Å²) in [6.45, 7) is 4.65. The first-order valence-electron chi connectivity index (χ1n) is 8.23. The van der Waals surface area contributed by atoms with Crippen molar-refractivity contribution in [3.05, 3.63) is 58.9 Å². The van der Waals surface area contributed by atoms with Crippen LogP contribution in [-0.2, 0) is 18.2 Å². The van der Waals surface area contributed by atoms with E-state index in [-0.39, 0.29) is 5.97 Å². The number of hydrogen-bond donors (Lipinski definition) is 0. The molecule has 0 unspecified atom stereocenters. The Balaban J connectivity index is 1.59. The highest BCUT2D eigenvalue weighted by Crippen LogP contribution is 2.26. The maximum absolute atomic E-state index is 12.1. The Hall–Kier alpha value is -2.47. The molecule has 0 N–H and O–H groups in total. The van der Waals surface area contributed by atoms with E-state index in [1.54, 1.807) is 16.3 Å². The van der Waals surface area contributed by atoms with Crippen LogP contribution in [0.1, 0.15) is 41.4 Å². The summed E-state index contributed by atoms with van der Waals surface area (Å²) >= 11 is 1.45. The van der Waals surface area contributed by atoms with Gasteiger partial charge in [0.05, 0.1) is 12.8 Å². The van der Waals surface area contributed by atoms with Gasteiger partial charge in [0.1, 0.15) is 5.01 Å². The number of aryl methyl sites for hydroxylation is 1. The Kier molecular flexibility index (Phi) is 5.28. The third kappa shape index (κ3) is 4.33. The molecule has 0 spiro atoms. The zero-order valence-corrected chi connectivity index (χ0v) is 15.4. The van der Waals surface area contributed by atoms with Gasteiger partial charge in [0, 0.05) is 30.6 Å². The number of carbonyl (C=O) groups is 1. The molecule has 6 heteroatoms. The van der Waals surface area contributed by atoms with Crippen LogP contribution in [-0.4, -0.2) is 27.3 Å². The molecular weight excluding hydrogens is 334 g/mol. The van der Waals surface area contributed by atoms with Crippen LogP contribution in [0.4, 0.5) is 0 Å². The predicted octanol–water partition coefficient (Wildman–Crippen LogP) is 4.07. The lowest BCUT2D eigenvalue weighted by Crippen LogP contribution is -2.08. The van der Waals surface area contributed by atoms with Gasteiger partial charge in [-0.1, -0.05) is 38.1 Å². The SMILES string of the molecule is CC(C)c1ccc(-c2nc(C(=O)OCCc3cnn(C)c3)cs2)cc1. The zero-order chi connectivity index (χ0) is 17.8. The fourth-order valence-electron chi connectivity index (χ4n) is 2.45. The second-order valence-electron chi connectivity index (χ2n) is 6.22. The summed E-state index contributed by atoms with van der Waals surface area (Å²) in [7, 11) is 1.86. The molecule has 0 atom stereocenters. The normalized spacial score (nSPS) is 11.0. The molecule has 3 rings (SSSR count). The Morgan fingerprint density at radius 3 is 2.68 bits per heavy atom.